The highest BCUT2D eigenvalue weighted by atomic mass is 15.0. The maximum atomic E-state index is 5.06. The predicted molar refractivity (Wildman–Crippen MR) is 213 cm³/mol. The van der Waals surface area contributed by atoms with Gasteiger partial charge in [-0.25, -0.2) is 15.0 Å². The lowest BCUT2D eigenvalue weighted by Gasteiger charge is -2.14. The quantitative estimate of drug-likeness (QED) is 0.172. The summed E-state index contributed by atoms with van der Waals surface area (Å²) in [5, 5.41) is 2.69. The standard InChI is InChI=1S/C47H36N4/c1-3-38-30(2)39-24-25-40(42-18-12-17-41(38)44(39)42)32-22-20-31(21-23-32)35-27-36(43-19-10-11-26-48-43)29-37(28-35)47-50-45(33-13-6-4-7-14-33)49-46(51-47)34-15-8-5-9-16-34/h4-9,12-29H,3,10-11H2,1-2H3. The van der Waals surface area contributed by atoms with Crippen LogP contribution < -0.4 is 0 Å². The minimum absolute atomic E-state index is 0.631. The van der Waals surface area contributed by atoms with Gasteiger partial charge in [0.25, 0.3) is 0 Å². The van der Waals surface area contributed by atoms with Crippen LogP contribution in [0.3, 0.4) is 0 Å². The first-order chi connectivity index (χ1) is 25.1. The van der Waals surface area contributed by atoms with Gasteiger partial charge in [-0.3, -0.25) is 4.99 Å². The summed E-state index contributed by atoms with van der Waals surface area (Å²) in [4.78, 5) is 19.8. The molecule has 0 saturated heterocycles. The zero-order chi connectivity index (χ0) is 34.3. The number of hydrogen-bond acceptors (Lipinski definition) is 4. The molecule has 0 saturated carbocycles. The highest BCUT2D eigenvalue weighted by Gasteiger charge is 2.22. The van der Waals surface area contributed by atoms with Crippen LogP contribution >= 0.6 is 0 Å². The Kier molecular flexibility index (Phi) is 7.78. The highest BCUT2D eigenvalue weighted by Crippen LogP contribution is 2.46. The molecule has 6 aromatic carbocycles. The van der Waals surface area contributed by atoms with Crippen molar-refractivity contribution in [2.24, 2.45) is 4.99 Å². The summed E-state index contributed by atoms with van der Waals surface area (Å²) in [5.74, 6) is 1.92. The second kappa shape index (κ2) is 12.9. The summed E-state index contributed by atoms with van der Waals surface area (Å²) in [6, 6.07) is 47.2. The summed E-state index contributed by atoms with van der Waals surface area (Å²) >= 11 is 0. The smallest absolute Gasteiger partial charge is 0.164 e. The van der Waals surface area contributed by atoms with Crippen molar-refractivity contribution in [2.75, 3.05) is 0 Å². The molecular weight excluding hydrogens is 621 g/mol. The van der Waals surface area contributed by atoms with Crippen molar-refractivity contribution in [1.82, 2.24) is 15.0 Å². The number of rotatable bonds is 7. The monoisotopic (exact) mass is 656 g/mol. The minimum atomic E-state index is 0.631. The molecule has 1 aromatic heterocycles. The number of aliphatic imine (C=N–C) groups is 1. The van der Waals surface area contributed by atoms with Crippen molar-refractivity contribution in [3.63, 3.8) is 0 Å². The van der Waals surface area contributed by atoms with Crippen molar-refractivity contribution < 1.29 is 0 Å². The van der Waals surface area contributed by atoms with Gasteiger partial charge in [-0.2, -0.15) is 0 Å². The van der Waals surface area contributed by atoms with Crippen LogP contribution in [0.1, 0.15) is 49.8 Å². The number of allylic oxidation sites excluding steroid dienone is 3. The lowest BCUT2D eigenvalue weighted by atomic mass is 9.92. The van der Waals surface area contributed by atoms with Gasteiger partial charge in [0.2, 0.25) is 0 Å². The zero-order valence-corrected chi connectivity index (χ0v) is 28.8. The van der Waals surface area contributed by atoms with E-state index in [1.807, 2.05) is 66.9 Å². The van der Waals surface area contributed by atoms with Crippen molar-refractivity contribution >= 4 is 33.8 Å². The molecular formula is C47H36N4. The fourth-order valence-corrected chi connectivity index (χ4v) is 7.60. The predicted octanol–water partition coefficient (Wildman–Crippen LogP) is 12.2. The Morgan fingerprint density at radius 1 is 0.490 bits per heavy atom. The molecule has 51 heavy (non-hydrogen) atoms. The van der Waals surface area contributed by atoms with Gasteiger partial charge in [0.1, 0.15) is 0 Å². The first kappa shape index (κ1) is 30.8. The van der Waals surface area contributed by atoms with E-state index in [4.69, 9.17) is 19.9 Å². The number of aromatic nitrogens is 3. The van der Waals surface area contributed by atoms with E-state index in [-0.39, 0.29) is 0 Å². The molecule has 0 spiro atoms. The van der Waals surface area contributed by atoms with E-state index in [1.165, 1.54) is 44.2 Å². The van der Waals surface area contributed by atoms with Crippen molar-refractivity contribution in [3.05, 3.63) is 156 Å². The largest absolute Gasteiger partial charge is 0.261 e. The van der Waals surface area contributed by atoms with Gasteiger partial charge in [-0.1, -0.05) is 128 Å². The third-order valence-corrected chi connectivity index (χ3v) is 10.2. The molecule has 7 aromatic rings. The van der Waals surface area contributed by atoms with Gasteiger partial charge in [0.15, 0.2) is 17.5 Å². The summed E-state index contributed by atoms with van der Waals surface area (Å²) in [5.41, 5.74) is 15.1. The molecule has 0 amide bonds. The van der Waals surface area contributed by atoms with Crippen molar-refractivity contribution in [2.45, 2.75) is 33.1 Å². The molecule has 0 fully saturated rings. The van der Waals surface area contributed by atoms with Crippen LogP contribution in [0.5, 0.6) is 0 Å². The van der Waals surface area contributed by atoms with Crippen LogP contribution in [0, 0.1) is 0 Å². The van der Waals surface area contributed by atoms with Gasteiger partial charge in [0, 0.05) is 28.5 Å². The van der Waals surface area contributed by atoms with E-state index >= 15 is 0 Å². The van der Waals surface area contributed by atoms with Crippen LogP contribution in [0.25, 0.3) is 84.0 Å². The Hall–Kier alpha value is -6.26. The first-order valence-corrected chi connectivity index (χ1v) is 17.8. The molecule has 2 aliphatic rings. The molecule has 0 atom stereocenters. The lowest BCUT2D eigenvalue weighted by Crippen LogP contribution is -2.01. The fourth-order valence-electron chi connectivity index (χ4n) is 7.60. The number of benzene rings is 6. The van der Waals surface area contributed by atoms with E-state index in [9.17, 15) is 0 Å². The molecule has 244 valence electrons. The van der Waals surface area contributed by atoms with E-state index in [1.54, 1.807) is 0 Å². The fraction of sp³-hybridized carbons (Fsp3) is 0.106. The summed E-state index contributed by atoms with van der Waals surface area (Å²) in [6.07, 6.45) is 7.20. The molecule has 4 heteroatoms. The maximum absolute atomic E-state index is 5.06. The SMILES string of the molecule is CCC1=C(C)c2ccc(-c3ccc(-c4cc(C5=CCCC=N5)cc(-c5nc(-c6ccccc6)nc(-c6ccccc6)n5)c4)cc3)c3cccc1c23. The Balaban J connectivity index is 1.16. The van der Waals surface area contributed by atoms with Gasteiger partial charge in [-0.15, -0.1) is 0 Å². The zero-order valence-electron chi connectivity index (χ0n) is 28.8. The van der Waals surface area contributed by atoms with Crippen LogP contribution in [0.15, 0.2) is 145 Å². The second-order valence-electron chi connectivity index (χ2n) is 13.2. The Morgan fingerprint density at radius 2 is 1.10 bits per heavy atom. The molecule has 0 radical (unpaired) electrons. The van der Waals surface area contributed by atoms with Gasteiger partial charge in [-0.05, 0) is 99.7 Å². The lowest BCUT2D eigenvalue weighted by molar-refractivity contribution is 1.07. The molecule has 2 heterocycles. The van der Waals surface area contributed by atoms with E-state index in [0.29, 0.717) is 17.5 Å². The average Bonchev–Trinajstić information content (AvgIpc) is 3.49. The molecule has 0 unspecified atom stereocenters. The number of hydrogen-bond donors (Lipinski definition) is 0. The molecule has 9 rings (SSSR count). The average molecular weight is 657 g/mol. The summed E-state index contributed by atoms with van der Waals surface area (Å²) in [7, 11) is 0. The van der Waals surface area contributed by atoms with Gasteiger partial charge < -0.3 is 0 Å². The Bertz CT molecular complexity index is 2490. The number of nitrogens with zero attached hydrogens (tertiary/aromatic N) is 4. The molecule has 0 bridgehead atoms. The van der Waals surface area contributed by atoms with Crippen LogP contribution in [0.4, 0.5) is 0 Å². The highest BCUT2D eigenvalue weighted by molar-refractivity contribution is 6.16. The molecule has 1 aliphatic carbocycles. The Labute approximate surface area is 298 Å². The third-order valence-electron chi connectivity index (χ3n) is 10.2. The van der Waals surface area contributed by atoms with E-state index < -0.39 is 0 Å². The molecule has 0 N–H and O–H groups in total. The van der Waals surface area contributed by atoms with Crippen molar-refractivity contribution in [3.8, 4) is 56.4 Å². The van der Waals surface area contributed by atoms with E-state index in [2.05, 4.69) is 92.7 Å². The summed E-state index contributed by atoms with van der Waals surface area (Å²) < 4.78 is 0. The normalized spacial score (nSPS) is 13.6. The first-order valence-electron chi connectivity index (χ1n) is 17.8. The van der Waals surface area contributed by atoms with Crippen LogP contribution in [-0.2, 0) is 0 Å². The van der Waals surface area contributed by atoms with Gasteiger partial charge in [0.05, 0.1) is 5.70 Å². The van der Waals surface area contributed by atoms with E-state index in [0.717, 1.165) is 58.3 Å². The minimum Gasteiger partial charge on any atom is -0.261 e. The van der Waals surface area contributed by atoms with Crippen molar-refractivity contribution in [1.29, 1.82) is 0 Å². The van der Waals surface area contributed by atoms with Gasteiger partial charge >= 0.3 is 0 Å². The maximum Gasteiger partial charge on any atom is 0.164 e. The van der Waals surface area contributed by atoms with Crippen LogP contribution in [-0.4, -0.2) is 21.2 Å². The topological polar surface area (TPSA) is 51.0 Å². The Morgan fingerprint density at radius 3 is 1.75 bits per heavy atom. The second-order valence-corrected chi connectivity index (χ2v) is 13.2. The summed E-state index contributed by atoms with van der Waals surface area (Å²) in [6.45, 7) is 4.52. The third kappa shape index (κ3) is 5.59. The van der Waals surface area contributed by atoms with Crippen LogP contribution in [0.2, 0.25) is 0 Å². The molecule has 1 aliphatic heterocycles. The molecule has 4 nitrogen and oxygen atoms in total.